The summed E-state index contributed by atoms with van der Waals surface area (Å²) in [7, 11) is 1.98. The van der Waals surface area contributed by atoms with Crippen molar-refractivity contribution in [1.29, 1.82) is 0 Å². The summed E-state index contributed by atoms with van der Waals surface area (Å²) in [6.07, 6.45) is 3.89. The average molecular weight is 263 g/mol. The van der Waals surface area contributed by atoms with Gasteiger partial charge < -0.3 is 14.8 Å². The van der Waals surface area contributed by atoms with Gasteiger partial charge in [0.05, 0.1) is 25.4 Å². The average Bonchev–Trinajstić information content (AvgIpc) is 2.46. The molecule has 1 aromatic rings. The molecule has 3 nitrogen and oxygen atoms in total. The first-order valence-electron chi connectivity index (χ1n) is 7.23. The lowest BCUT2D eigenvalue weighted by atomic mass is 10.1. The normalized spacial score (nSPS) is 21.3. The van der Waals surface area contributed by atoms with E-state index in [9.17, 15) is 0 Å². The molecule has 0 amide bonds. The van der Waals surface area contributed by atoms with E-state index in [1.54, 1.807) is 0 Å². The predicted molar refractivity (Wildman–Crippen MR) is 77.4 cm³/mol. The van der Waals surface area contributed by atoms with E-state index in [4.69, 9.17) is 9.47 Å². The van der Waals surface area contributed by atoms with Gasteiger partial charge >= 0.3 is 0 Å². The van der Waals surface area contributed by atoms with Crippen LogP contribution in [-0.4, -0.2) is 33.0 Å². The van der Waals surface area contributed by atoms with Crippen LogP contribution in [0.25, 0.3) is 0 Å². The lowest BCUT2D eigenvalue weighted by Gasteiger charge is -2.24. The Morgan fingerprint density at radius 1 is 1.32 bits per heavy atom. The van der Waals surface area contributed by atoms with Crippen LogP contribution in [0.2, 0.25) is 0 Å². The van der Waals surface area contributed by atoms with Crippen molar-refractivity contribution in [2.75, 3.05) is 26.9 Å². The molecule has 1 fully saturated rings. The van der Waals surface area contributed by atoms with Crippen LogP contribution in [0, 0.1) is 6.92 Å². The van der Waals surface area contributed by atoms with Crippen molar-refractivity contribution in [1.82, 2.24) is 5.32 Å². The fourth-order valence-corrected chi connectivity index (χ4v) is 2.40. The van der Waals surface area contributed by atoms with E-state index in [2.05, 4.69) is 36.5 Å². The molecule has 1 heterocycles. The molecule has 1 saturated heterocycles. The third-order valence-electron chi connectivity index (χ3n) is 3.69. The summed E-state index contributed by atoms with van der Waals surface area (Å²) < 4.78 is 11.5. The summed E-state index contributed by atoms with van der Waals surface area (Å²) >= 11 is 0. The Morgan fingerprint density at radius 3 is 2.74 bits per heavy atom. The quantitative estimate of drug-likeness (QED) is 0.856. The van der Waals surface area contributed by atoms with Gasteiger partial charge in [-0.05, 0) is 38.8 Å². The minimum atomic E-state index is 0.254. The van der Waals surface area contributed by atoms with E-state index in [0.717, 1.165) is 13.0 Å². The maximum Gasteiger partial charge on any atom is 0.0808 e. The second-order valence-corrected chi connectivity index (χ2v) is 5.28. The summed E-state index contributed by atoms with van der Waals surface area (Å²) in [5.74, 6) is 0. The van der Waals surface area contributed by atoms with Crippen LogP contribution in [0.1, 0.15) is 36.4 Å². The number of hydrogen-bond donors (Lipinski definition) is 1. The molecule has 2 rings (SSSR count). The summed E-state index contributed by atoms with van der Waals surface area (Å²) in [4.78, 5) is 0. The topological polar surface area (TPSA) is 30.5 Å². The summed E-state index contributed by atoms with van der Waals surface area (Å²) in [6.45, 7) is 4.40. The SMILES string of the molecule is CNC(COCC1CCCCO1)c1ccc(C)cc1. The van der Waals surface area contributed by atoms with Crippen molar-refractivity contribution < 1.29 is 9.47 Å². The van der Waals surface area contributed by atoms with E-state index < -0.39 is 0 Å². The molecule has 0 spiro atoms. The van der Waals surface area contributed by atoms with E-state index >= 15 is 0 Å². The fourth-order valence-electron chi connectivity index (χ4n) is 2.40. The van der Waals surface area contributed by atoms with E-state index in [-0.39, 0.29) is 6.04 Å². The molecule has 106 valence electrons. The van der Waals surface area contributed by atoms with E-state index in [0.29, 0.717) is 19.3 Å². The van der Waals surface area contributed by atoms with Gasteiger partial charge in [0.2, 0.25) is 0 Å². The Balaban J connectivity index is 1.77. The molecule has 2 unspecified atom stereocenters. The summed E-state index contributed by atoms with van der Waals surface area (Å²) in [5, 5.41) is 3.31. The minimum absolute atomic E-state index is 0.254. The first-order valence-corrected chi connectivity index (χ1v) is 7.23. The first-order chi connectivity index (χ1) is 9.29. The Morgan fingerprint density at radius 2 is 2.11 bits per heavy atom. The van der Waals surface area contributed by atoms with Crippen LogP contribution in [0.5, 0.6) is 0 Å². The van der Waals surface area contributed by atoms with Gasteiger partial charge in [-0.1, -0.05) is 29.8 Å². The van der Waals surface area contributed by atoms with E-state index in [1.165, 1.54) is 24.0 Å². The molecule has 0 saturated carbocycles. The van der Waals surface area contributed by atoms with Gasteiger partial charge in [0.15, 0.2) is 0 Å². The molecular formula is C16H25NO2. The number of aryl methyl sites for hydroxylation is 1. The molecule has 0 radical (unpaired) electrons. The second-order valence-electron chi connectivity index (χ2n) is 5.28. The lowest BCUT2D eigenvalue weighted by Crippen LogP contribution is -2.28. The monoisotopic (exact) mass is 263 g/mol. The van der Waals surface area contributed by atoms with Crippen molar-refractivity contribution in [3.05, 3.63) is 35.4 Å². The van der Waals surface area contributed by atoms with Crippen molar-refractivity contribution >= 4 is 0 Å². The summed E-state index contributed by atoms with van der Waals surface area (Å²) in [6, 6.07) is 8.87. The minimum Gasteiger partial charge on any atom is -0.377 e. The van der Waals surface area contributed by atoms with Crippen LogP contribution in [0.4, 0.5) is 0 Å². The molecule has 0 aromatic heterocycles. The Kier molecular flexibility index (Phi) is 5.83. The maximum absolute atomic E-state index is 5.82. The highest BCUT2D eigenvalue weighted by Crippen LogP contribution is 2.16. The van der Waals surface area contributed by atoms with Crippen molar-refractivity contribution in [3.63, 3.8) is 0 Å². The van der Waals surface area contributed by atoms with Gasteiger partial charge in [-0.2, -0.15) is 0 Å². The van der Waals surface area contributed by atoms with Crippen molar-refractivity contribution in [3.8, 4) is 0 Å². The van der Waals surface area contributed by atoms with Crippen LogP contribution in [0.15, 0.2) is 24.3 Å². The zero-order chi connectivity index (χ0) is 13.5. The fraction of sp³-hybridized carbons (Fsp3) is 0.625. The van der Waals surface area contributed by atoms with Crippen LogP contribution < -0.4 is 5.32 Å². The largest absolute Gasteiger partial charge is 0.377 e. The van der Waals surface area contributed by atoms with Crippen LogP contribution in [-0.2, 0) is 9.47 Å². The van der Waals surface area contributed by atoms with Gasteiger partial charge in [0.25, 0.3) is 0 Å². The molecule has 0 aliphatic carbocycles. The van der Waals surface area contributed by atoms with E-state index in [1.807, 2.05) is 7.05 Å². The molecule has 19 heavy (non-hydrogen) atoms. The Bertz CT molecular complexity index is 358. The van der Waals surface area contributed by atoms with Gasteiger partial charge in [0, 0.05) is 6.61 Å². The third kappa shape index (κ3) is 4.60. The lowest BCUT2D eigenvalue weighted by molar-refractivity contribution is -0.0440. The standard InChI is InChI=1S/C16H25NO2/c1-13-6-8-14(9-7-13)16(17-2)12-18-11-15-5-3-4-10-19-15/h6-9,15-17H,3-5,10-12H2,1-2H3. The number of rotatable bonds is 6. The predicted octanol–water partition coefficient (Wildman–Crippen LogP) is 2.84. The molecule has 2 atom stereocenters. The zero-order valence-corrected chi connectivity index (χ0v) is 12.0. The van der Waals surface area contributed by atoms with Crippen molar-refractivity contribution in [2.24, 2.45) is 0 Å². The molecule has 1 aliphatic rings. The summed E-state index contributed by atoms with van der Waals surface area (Å²) in [5.41, 5.74) is 2.56. The number of benzene rings is 1. The van der Waals surface area contributed by atoms with Gasteiger partial charge in [-0.3, -0.25) is 0 Å². The van der Waals surface area contributed by atoms with Crippen LogP contribution >= 0.6 is 0 Å². The third-order valence-corrected chi connectivity index (χ3v) is 3.69. The van der Waals surface area contributed by atoms with Gasteiger partial charge in [0.1, 0.15) is 0 Å². The zero-order valence-electron chi connectivity index (χ0n) is 12.0. The molecule has 1 aliphatic heterocycles. The molecular weight excluding hydrogens is 238 g/mol. The molecule has 1 N–H and O–H groups in total. The molecule has 1 aromatic carbocycles. The highest BCUT2D eigenvalue weighted by atomic mass is 16.5. The first kappa shape index (κ1) is 14.5. The second kappa shape index (κ2) is 7.63. The Hall–Kier alpha value is -0.900. The molecule has 3 heteroatoms. The van der Waals surface area contributed by atoms with Gasteiger partial charge in [-0.15, -0.1) is 0 Å². The highest BCUT2D eigenvalue weighted by Gasteiger charge is 2.15. The maximum atomic E-state index is 5.82. The van der Waals surface area contributed by atoms with Gasteiger partial charge in [-0.25, -0.2) is 0 Å². The molecule has 0 bridgehead atoms. The number of hydrogen-bond acceptors (Lipinski definition) is 3. The smallest absolute Gasteiger partial charge is 0.0808 e. The Labute approximate surface area is 116 Å². The number of likely N-dealkylation sites (N-methyl/N-ethyl adjacent to an activating group) is 1. The number of nitrogens with one attached hydrogen (secondary N) is 1. The number of ether oxygens (including phenoxy) is 2. The highest BCUT2D eigenvalue weighted by molar-refractivity contribution is 5.24. The van der Waals surface area contributed by atoms with Crippen molar-refractivity contribution in [2.45, 2.75) is 38.3 Å². The van der Waals surface area contributed by atoms with Crippen LogP contribution in [0.3, 0.4) is 0 Å².